The number of thiazole rings is 1. The first kappa shape index (κ1) is 13.6. The third-order valence-corrected chi connectivity index (χ3v) is 4.75. The van der Waals surface area contributed by atoms with Crippen LogP contribution in [-0.4, -0.2) is 36.1 Å². The lowest BCUT2D eigenvalue weighted by Gasteiger charge is -2.21. The second kappa shape index (κ2) is 5.97. The van der Waals surface area contributed by atoms with Crippen LogP contribution >= 0.6 is 11.3 Å². The monoisotopic (exact) mass is 290 g/mol. The Labute approximate surface area is 124 Å². The van der Waals surface area contributed by atoms with Crippen LogP contribution in [0.4, 0.5) is 11.4 Å². The van der Waals surface area contributed by atoms with Gasteiger partial charge in [-0.25, -0.2) is 4.98 Å². The maximum absolute atomic E-state index is 6.18. The first-order valence-corrected chi connectivity index (χ1v) is 8.20. The van der Waals surface area contributed by atoms with Crippen molar-refractivity contribution in [3.8, 4) is 0 Å². The summed E-state index contributed by atoms with van der Waals surface area (Å²) < 4.78 is 1.15. The minimum atomic E-state index is 0.624. The number of hydrogen-bond donors (Lipinski definition) is 2. The summed E-state index contributed by atoms with van der Waals surface area (Å²) in [4.78, 5) is 6.89. The fourth-order valence-electron chi connectivity index (χ4n) is 2.86. The Morgan fingerprint density at radius 3 is 3.00 bits per heavy atom. The van der Waals surface area contributed by atoms with Gasteiger partial charge in [-0.2, -0.15) is 0 Å². The summed E-state index contributed by atoms with van der Waals surface area (Å²) in [7, 11) is 0. The van der Waals surface area contributed by atoms with Crippen molar-refractivity contribution < 1.29 is 0 Å². The van der Waals surface area contributed by atoms with Crippen molar-refractivity contribution in [1.29, 1.82) is 0 Å². The Kier molecular flexibility index (Phi) is 4.08. The maximum Gasteiger partial charge on any atom is 0.106 e. The number of rotatable bonds is 5. The Balaban J connectivity index is 1.59. The standard InChI is InChI=1S/C15H22N4S/c1-11(9-19-6-2-3-7-19)8-17-12-4-5-13-15(14(12)16)18-10-20-13/h4-5,10-11,17H,2-3,6-9,16H2,1H3. The van der Waals surface area contributed by atoms with Crippen LogP contribution in [0.3, 0.4) is 0 Å². The van der Waals surface area contributed by atoms with Crippen molar-refractivity contribution in [3.05, 3.63) is 17.6 Å². The number of anilines is 2. The molecule has 3 N–H and O–H groups in total. The minimum Gasteiger partial charge on any atom is -0.395 e. The van der Waals surface area contributed by atoms with Crippen LogP contribution in [0.2, 0.25) is 0 Å². The predicted molar refractivity (Wildman–Crippen MR) is 87.4 cm³/mol. The number of nitrogens with two attached hydrogens (primary N) is 1. The number of likely N-dealkylation sites (tertiary alicyclic amines) is 1. The zero-order valence-electron chi connectivity index (χ0n) is 11.9. The topological polar surface area (TPSA) is 54.2 Å². The van der Waals surface area contributed by atoms with Crippen molar-refractivity contribution in [3.63, 3.8) is 0 Å². The molecule has 0 saturated carbocycles. The van der Waals surface area contributed by atoms with Crippen LogP contribution in [0.1, 0.15) is 19.8 Å². The van der Waals surface area contributed by atoms with Gasteiger partial charge in [0, 0.05) is 13.1 Å². The molecule has 1 saturated heterocycles. The van der Waals surface area contributed by atoms with Crippen molar-refractivity contribution >= 4 is 32.9 Å². The van der Waals surface area contributed by atoms with Crippen LogP contribution in [0, 0.1) is 5.92 Å². The lowest BCUT2D eigenvalue weighted by atomic mass is 10.1. The Hall–Kier alpha value is -1.33. The van der Waals surface area contributed by atoms with E-state index in [-0.39, 0.29) is 0 Å². The molecule has 3 rings (SSSR count). The van der Waals surface area contributed by atoms with Gasteiger partial charge in [-0.15, -0.1) is 11.3 Å². The molecule has 0 bridgehead atoms. The van der Waals surface area contributed by atoms with E-state index in [1.807, 2.05) is 5.51 Å². The average molecular weight is 290 g/mol. The van der Waals surface area contributed by atoms with E-state index in [0.29, 0.717) is 5.92 Å². The molecule has 0 aliphatic carbocycles. The van der Waals surface area contributed by atoms with Gasteiger partial charge in [0.15, 0.2) is 0 Å². The van der Waals surface area contributed by atoms with Gasteiger partial charge in [0.05, 0.1) is 21.6 Å². The molecule has 4 nitrogen and oxygen atoms in total. The minimum absolute atomic E-state index is 0.624. The largest absolute Gasteiger partial charge is 0.395 e. The molecule has 0 amide bonds. The van der Waals surface area contributed by atoms with Gasteiger partial charge in [-0.1, -0.05) is 6.92 Å². The summed E-state index contributed by atoms with van der Waals surface area (Å²) in [5.41, 5.74) is 10.7. The van der Waals surface area contributed by atoms with E-state index in [2.05, 4.69) is 34.3 Å². The van der Waals surface area contributed by atoms with Crippen LogP contribution in [-0.2, 0) is 0 Å². The van der Waals surface area contributed by atoms with Crippen molar-refractivity contribution in [1.82, 2.24) is 9.88 Å². The maximum atomic E-state index is 6.18. The van der Waals surface area contributed by atoms with Crippen LogP contribution in [0.15, 0.2) is 17.6 Å². The van der Waals surface area contributed by atoms with E-state index in [1.165, 1.54) is 32.5 Å². The third kappa shape index (κ3) is 2.88. The predicted octanol–water partition coefficient (Wildman–Crippen LogP) is 3.02. The zero-order valence-corrected chi connectivity index (χ0v) is 12.7. The van der Waals surface area contributed by atoms with Gasteiger partial charge in [0.1, 0.15) is 5.52 Å². The Bertz CT molecular complexity index is 574. The molecule has 2 aromatic rings. The molecule has 1 fully saturated rings. The number of benzene rings is 1. The van der Waals surface area contributed by atoms with E-state index in [1.54, 1.807) is 11.3 Å². The summed E-state index contributed by atoms with van der Waals surface area (Å²) in [6.07, 6.45) is 2.71. The number of fused-ring (bicyclic) bond motifs is 1. The SMILES string of the molecule is CC(CNc1ccc2scnc2c1N)CN1CCCC1. The van der Waals surface area contributed by atoms with Crippen molar-refractivity contribution in [2.75, 3.05) is 37.2 Å². The second-order valence-corrected chi connectivity index (χ2v) is 6.61. The molecule has 20 heavy (non-hydrogen) atoms. The number of nitrogens with zero attached hydrogens (tertiary/aromatic N) is 2. The summed E-state index contributed by atoms with van der Waals surface area (Å²) in [5.74, 6) is 0.624. The molecular formula is C15H22N4S. The Morgan fingerprint density at radius 1 is 1.40 bits per heavy atom. The number of aromatic nitrogens is 1. The highest BCUT2D eigenvalue weighted by atomic mass is 32.1. The van der Waals surface area contributed by atoms with Gasteiger partial charge in [-0.3, -0.25) is 0 Å². The second-order valence-electron chi connectivity index (χ2n) is 5.72. The molecule has 108 valence electrons. The molecule has 1 aliphatic rings. The van der Waals surface area contributed by atoms with Gasteiger partial charge < -0.3 is 16.0 Å². The van der Waals surface area contributed by atoms with Gasteiger partial charge >= 0.3 is 0 Å². The number of nitrogens with one attached hydrogen (secondary N) is 1. The van der Waals surface area contributed by atoms with E-state index in [4.69, 9.17) is 5.73 Å². The van der Waals surface area contributed by atoms with Crippen LogP contribution < -0.4 is 11.1 Å². The van der Waals surface area contributed by atoms with Gasteiger partial charge in [-0.05, 0) is 44.0 Å². The number of nitrogen functional groups attached to an aromatic ring is 1. The molecule has 1 aromatic heterocycles. The fourth-order valence-corrected chi connectivity index (χ4v) is 3.55. The molecule has 2 heterocycles. The highest BCUT2D eigenvalue weighted by molar-refractivity contribution is 7.16. The van der Waals surface area contributed by atoms with E-state index in [9.17, 15) is 0 Å². The summed E-state index contributed by atoms with van der Waals surface area (Å²) in [6.45, 7) is 6.94. The summed E-state index contributed by atoms with van der Waals surface area (Å²) >= 11 is 1.63. The summed E-state index contributed by atoms with van der Waals surface area (Å²) in [5, 5.41) is 3.48. The lowest BCUT2D eigenvalue weighted by Crippen LogP contribution is -2.29. The molecular weight excluding hydrogens is 268 g/mol. The molecule has 0 radical (unpaired) electrons. The third-order valence-electron chi connectivity index (χ3n) is 3.95. The molecule has 1 aromatic carbocycles. The summed E-state index contributed by atoms with van der Waals surface area (Å²) in [6, 6.07) is 4.16. The van der Waals surface area contributed by atoms with E-state index >= 15 is 0 Å². The Morgan fingerprint density at radius 2 is 2.20 bits per heavy atom. The average Bonchev–Trinajstić information content (AvgIpc) is 3.09. The molecule has 1 atom stereocenters. The quantitative estimate of drug-likeness (QED) is 0.831. The smallest absolute Gasteiger partial charge is 0.106 e. The lowest BCUT2D eigenvalue weighted by molar-refractivity contribution is 0.294. The molecule has 5 heteroatoms. The van der Waals surface area contributed by atoms with Crippen LogP contribution in [0.25, 0.3) is 10.2 Å². The van der Waals surface area contributed by atoms with Crippen molar-refractivity contribution in [2.45, 2.75) is 19.8 Å². The zero-order chi connectivity index (χ0) is 13.9. The fraction of sp³-hybridized carbons (Fsp3) is 0.533. The molecule has 1 aliphatic heterocycles. The highest BCUT2D eigenvalue weighted by Crippen LogP contribution is 2.30. The normalized spacial score (nSPS) is 17.6. The van der Waals surface area contributed by atoms with E-state index in [0.717, 1.165) is 28.1 Å². The number of hydrogen-bond acceptors (Lipinski definition) is 5. The van der Waals surface area contributed by atoms with Gasteiger partial charge in [0.2, 0.25) is 0 Å². The highest BCUT2D eigenvalue weighted by Gasteiger charge is 2.15. The van der Waals surface area contributed by atoms with Crippen molar-refractivity contribution in [2.24, 2.45) is 5.92 Å². The van der Waals surface area contributed by atoms with Gasteiger partial charge in [0.25, 0.3) is 0 Å². The first-order chi connectivity index (χ1) is 9.74. The first-order valence-electron chi connectivity index (χ1n) is 7.32. The van der Waals surface area contributed by atoms with E-state index < -0.39 is 0 Å². The molecule has 0 spiro atoms. The molecule has 1 unspecified atom stereocenters. The van der Waals surface area contributed by atoms with Crippen LogP contribution in [0.5, 0.6) is 0 Å².